The quantitative estimate of drug-likeness (QED) is 0.201. The number of carbonyl (C=O) groups excluding carboxylic acids is 4. The number of benzene rings is 2. The van der Waals surface area contributed by atoms with Gasteiger partial charge in [-0.1, -0.05) is 35.9 Å². The Morgan fingerprint density at radius 3 is 2.56 bits per heavy atom. The minimum Gasteiger partial charge on any atom is -0.486 e. The van der Waals surface area contributed by atoms with E-state index in [2.05, 4.69) is 38.0 Å². The number of piperidine rings is 2. The van der Waals surface area contributed by atoms with Crippen LogP contribution in [0.2, 0.25) is 5.02 Å². The van der Waals surface area contributed by atoms with Gasteiger partial charge < -0.3 is 30.9 Å². The van der Waals surface area contributed by atoms with E-state index in [1.165, 1.54) is 27.7 Å². The maximum Gasteiger partial charge on any atom is 0.328 e. The molecule has 10 rings (SSSR count). The molecule has 2 aromatic heterocycles. The fraction of sp³-hybridized carbons (Fsp3) is 0.395. The van der Waals surface area contributed by atoms with E-state index in [1.807, 2.05) is 29.3 Å². The van der Waals surface area contributed by atoms with Crippen LogP contribution in [0.15, 0.2) is 66.5 Å². The first-order chi connectivity index (χ1) is 29.9. The Balaban J connectivity index is 0.776. The van der Waals surface area contributed by atoms with Crippen molar-refractivity contribution < 1.29 is 32.7 Å². The monoisotopic (exact) mass is 867 g/mol. The number of halogens is 3. The van der Waals surface area contributed by atoms with Gasteiger partial charge in [0.15, 0.2) is 17.2 Å². The van der Waals surface area contributed by atoms with Crippen LogP contribution in [0.1, 0.15) is 63.7 Å². The van der Waals surface area contributed by atoms with Gasteiger partial charge in [-0.2, -0.15) is 0 Å². The van der Waals surface area contributed by atoms with E-state index in [9.17, 15) is 19.2 Å². The third kappa shape index (κ3) is 6.75. The molecule has 2 aromatic carbocycles. The Bertz CT molecular complexity index is 2610. The number of dihydropyridines is 1. The standard InChI is InChI=1S/C43H44ClF2N11O5/c44-29-6-5-26(20-32(29)56-15-9-34(58)51-41(56)61)40(60)54-17-11-42(12-18-54)10-16-53(24-43(42,45)46)23-25-4-7-30(49-21-25)27-2-1-3-31-28(27)8-14-55(31)39-36-35(48-13-19-62-36)38-50-22-33(37(47)59)57(38)52-39/h1-7,20-22,30,48-49H,8-19,23-24H2,(H2,47,59)(H,51,58,61). The van der Waals surface area contributed by atoms with Crippen molar-refractivity contribution in [1.29, 1.82) is 0 Å². The molecule has 1 unspecified atom stereocenters. The third-order valence-corrected chi connectivity index (χ3v) is 13.5. The Labute approximate surface area is 359 Å². The van der Waals surface area contributed by atoms with Gasteiger partial charge in [0.1, 0.15) is 18.0 Å². The second-order valence-electron chi connectivity index (χ2n) is 16.7. The van der Waals surface area contributed by atoms with E-state index in [1.54, 1.807) is 11.0 Å². The van der Waals surface area contributed by atoms with E-state index in [0.717, 1.165) is 28.8 Å². The van der Waals surface area contributed by atoms with Crippen molar-refractivity contribution in [3.63, 3.8) is 0 Å². The molecule has 19 heteroatoms. The van der Waals surface area contributed by atoms with Crippen molar-refractivity contribution in [2.45, 2.75) is 44.1 Å². The number of imide groups is 1. The van der Waals surface area contributed by atoms with E-state index in [4.69, 9.17) is 27.2 Å². The first kappa shape index (κ1) is 39.8. The number of aromatic nitrogens is 3. The number of carbonyl (C=O) groups is 4. The molecule has 5 N–H and O–H groups in total. The number of primary amides is 1. The van der Waals surface area contributed by atoms with Gasteiger partial charge in [0.2, 0.25) is 5.91 Å². The smallest absolute Gasteiger partial charge is 0.328 e. The fourth-order valence-corrected chi connectivity index (χ4v) is 10.0. The van der Waals surface area contributed by atoms with Gasteiger partial charge in [-0.15, -0.1) is 5.10 Å². The minimum atomic E-state index is -2.96. The van der Waals surface area contributed by atoms with Crippen LogP contribution < -0.4 is 36.2 Å². The lowest BCUT2D eigenvalue weighted by Gasteiger charge is -2.51. The second kappa shape index (κ2) is 15.3. The Morgan fingerprint density at radius 1 is 1.00 bits per heavy atom. The van der Waals surface area contributed by atoms with Crippen molar-refractivity contribution in [3.8, 4) is 5.75 Å². The zero-order chi connectivity index (χ0) is 42.9. The number of nitrogens with zero attached hydrogens (tertiary/aromatic N) is 7. The predicted molar refractivity (Wildman–Crippen MR) is 226 cm³/mol. The van der Waals surface area contributed by atoms with Crippen molar-refractivity contribution in [1.82, 2.24) is 35.0 Å². The van der Waals surface area contributed by atoms with Crippen molar-refractivity contribution in [3.05, 3.63) is 93.9 Å². The summed E-state index contributed by atoms with van der Waals surface area (Å²) in [7, 11) is 0. The zero-order valence-corrected chi connectivity index (χ0v) is 34.4. The van der Waals surface area contributed by atoms with Crippen molar-refractivity contribution in [2.24, 2.45) is 11.1 Å². The van der Waals surface area contributed by atoms with Gasteiger partial charge >= 0.3 is 6.03 Å². The largest absolute Gasteiger partial charge is 0.486 e. The molecule has 8 heterocycles. The van der Waals surface area contributed by atoms with Crippen LogP contribution in [0.4, 0.5) is 36.5 Å². The summed E-state index contributed by atoms with van der Waals surface area (Å²) in [5.41, 5.74) is 10.4. The minimum absolute atomic E-state index is 0.104. The molecule has 0 saturated carbocycles. The van der Waals surface area contributed by atoms with Crippen molar-refractivity contribution in [2.75, 3.05) is 74.1 Å². The highest BCUT2D eigenvalue weighted by Gasteiger charge is 2.57. The molecular formula is C43H44ClF2N11O5. The Morgan fingerprint density at radius 2 is 1.81 bits per heavy atom. The summed E-state index contributed by atoms with van der Waals surface area (Å²) in [6.45, 7) is 2.66. The normalized spacial score (nSPS) is 21.8. The van der Waals surface area contributed by atoms with Gasteiger partial charge in [-0.05, 0) is 73.2 Å². The van der Waals surface area contributed by atoms with E-state index >= 15 is 8.78 Å². The number of hydrogen-bond acceptors (Lipinski definition) is 11. The molecule has 6 aliphatic heterocycles. The molecule has 6 aliphatic rings. The average Bonchev–Trinajstić information content (AvgIpc) is 3.91. The maximum absolute atomic E-state index is 16.2. The average molecular weight is 868 g/mol. The third-order valence-electron chi connectivity index (χ3n) is 13.2. The number of likely N-dealkylation sites (tertiary alicyclic amines) is 2. The zero-order valence-electron chi connectivity index (χ0n) is 33.6. The van der Waals surface area contributed by atoms with Crippen LogP contribution >= 0.6 is 11.6 Å². The van der Waals surface area contributed by atoms with E-state index in [-0.39, 0.29) is 74.0 Å². The number of anilines is 4. The highest BCUT2D eigenvalue weighted by Crippen LogP contribution is 2.51. The summed E-state index contributed by atoms with van der Waals surface area (Å²) >= 11 is 6.38. The maximum atomic E-state index is 16.2. The summed E-state index contributed by atoms with van der Waals surface area (Å²) in [6.07, 6.45) is 8.92. The summed E-state index contributed by atoms with van der Waals surface area (Å²) < 4.78 is 40.0. The lowest BCUT2D eigenvalue weighted by atomic mass is 9.68. The Hall–Kier alpha value is -6.27. The molecule has 1 spiro atoms. The molecular weight excluding hydrogens is 824 g/mol. The molecule has 62 heavy (non-hydrogen) atoms. The number of ether oxygens (including phenoxy) is 1. The summed E-state index contributed by atoms with van der Waals surface area (Å²) in [4.78, 5) is 61.2. The number of rotatable bonds is 7. The highest BCUT2D eigenvalue weighted by atomic mass is 35.5. The second-order valence-corrected chi connectivity index (χ2v) is 17.1. The first-order valence-electron chi connectivity index (χ1n) is 20.8. The molecule has 3 fully saturated rings. The summed E-state index contributed by atoms with van der Waals surface area (Å²) in [5, 5.41) is 14.2. The summed E-state index contributed by atoms with van der Waals surface area (Å²) in [6, 6.07) is 9.99. The number of nitrogens with one attached hydrogen (secondary N) is 3. The van der Waals surface area contributed by atoms with Gasteiger partial charge in [0.05, 0.1) is 29.5 Å². The number of imidazole rings is 1. The fourth-order valence-electron chi connectivity index (χ4n) is 9.78. The van der Waals surface area contributed by atoms with Crippen molar-refractivity contribution >= 4 is 63.9 Å². The van der Waals surface area contributed by atoms with Crippen LogP contribution in [0.3, 0.4) is 0 Å². The molecule has 0 bridgehead atoms. The number of alkyl halides is 2. The molecule has 5 amide bonds. The molecule has 4 aromatic rings. The number of urea groups is 1. The van der Waals surface area contributed by atoms with Crippen LogP contribution in [-0.4, -0.2) is 113 Å². The predicted octanol–water partition coefficient (Wildman–Crippen LogP) is 4.77. The molecule has 0 aliphatic carbocycles. The van der Waals surface area contributed by atoms with Crippen LogP contribution in [-0.2, 0) is 11.2 Å². The van der Waals surface area contributed by atoms with Gasteiger partial charge in [-0.3, -0.25) is 29.5 Å². The SMILES string of the molecule is NC(=O)c1cnc2c3c(c(N4CCc5c(C6C=CC(CN7CCC8(CCN(C(=O)c9ccc(Cl)c(N%10CCC(=O)NC%10=O)c9)CC8)C(F)(F)C7)=CN6)cccc54)nn12)OCCN3. The highest BCUT2D eigenvalue weighted by molar-refractivity contribution is 6.34. The molecule has 322 valence electrons. The number of amides is 5. The summed E-state index contributed by atoms with van der Waals surface area (Å²) in [5.74, 6) is -3.17. The van der Waals surface area contributed by atoms with Gasteiger partial charge in [0.25, 0.3) is 17.7 Å². The molecule has 1 atom stereocenters. The number of nitrogens with two attached hydrogens (primary N) is 1. The van der Waals surface area contributed by atoms with E-state index < -0.39 is 23.3 Å². The molecule has 0 radical (unpaired) electrons. The topological polar surface area (TPSA) is 183 Å². The number of hydrogen-bond donors (Lipinski definition) is 4. The Kier molecular flexibility index (Phi) is 9.81. The van der Waals surface area contributed by atoms with Crippen LogP contribution in [0, 0.1) is 5.41 Å². The van der Waals surface area contributed by atoms with Gasteiger partial charge in [-0.25, -0.2) is 23.1 Å². The van der Waals surface area contributed by atoms with E-state index in [0.29, 0.717) is 73.4 Å². The first-order valence-corrected chi connectivity index (χ1v) is 21.2. The van der Waals surface area contributed by atoms with Crippen LogP contribution in [0.25, 0.3) is 5.65 Å². The molecule has 16 nitrogen and oxygen atoms in total. The lowest BCUT2D eigenvalue weighted by Crippen LogP contribution is -2.59. The van der Waals surface area contributed by atoms with Crippen LogP contribution in [0.5, 0.6) is 5.75 Å². The number of fused-ring (bicyclic) bond motifs is 4. The van der Waals surface area contributed by atoms with Gasteiger partial charge in [0, 0.05) is 68.6 Å². The molecule has 3 saturated heterocycles. The lowest BCUT2D eigenvalue weighted by molar-refractivity contribution is -0.184.